The molecule has 10 heteroatoms. The van der Waals surface area contributed by atoms with Crippen LogP contribution in [0.25, 0.3) is 0 Å². The van der Waals surface area contributed by atoms with Crippen molar-refractivity contribution in [2.45, 2.75) is 19.1 Å². The third kappa shape index (κ3) is 5.61. The van der Waals surface area contributed by atoms with E-state index in [1.54, 1.807) is 31.2 Å². The van der Waals surface area contributed by atoms with Crippen molar-refractivity contribution in [2.24, 2.45) is 0 Å². The van der Waals surface area contributed by atoms with E-state index >= 15 is 0 Å². The van der Waals surface area contributed by atoms with Gasteiger partial charge in [-0.15, -0.1) is 0 Å². The summed E-state index contributed by atoms with van der Waals surface area (Å²) in [4.78, 5) is 23.7. The van der Waals surface area contributed by atoms with Gasteiger partial charge in [0.25, 0.3) is 0 Å². The molecular formula is C22H23NO9. The number of hydrogen-bond acceptors (Lipinski definition) is 8. The minimum atomic E-state index is -1.18. The number of methoxy groups -OCH3 is 1. The number of carboxylic acid groups (broad SMARTS) is 1. The Hall–Kier alpha value is -3.92. The first-order valence-corrected chi connectivity index (χ1v) is 9.68. The molecule has 0 unspecified atom stereocenters. The predicted octanol–water partition coefficient (Wildman–Crippen LogP) is 3.47. The lowest BCUT2D eigenvalue weighted by atomic mass is 10.0. The molecule has 1 heterocycles. The molecule has 0 radical (unpaired) electrons. The number of carbonyl (C=O) groups is 2. The van der Waals surface area contributed by atoms with Crippen molar-refractivity contribution >= 4 is 17.7 Å². The van der Waals surface area contributed by atoms with Gasteiger partial charge in [0.1, 0.15) is 6.10 Å². The molecular weight excluding hydrogens is 422 g/mol. The van der Waals surface area contributed by atoms with Crippen LogP contribution in [0.3, 0.4) is 0 Å². The Balaban J connectivity index is 1.85. The van der Waals surface area contributed by atoms with E-state index in [2.05, 4.69) is 5.32 Å². The van der Waals surface area contributed by atoms with Gasteiger partial charge in [-0.05, 0) is 42.8 Å². The van der Waals surface area contributed by atoms with Crippen LogP contribution in [0, 0.1) is 0 Å². The quantitative estimate of drug-likeness (QED) is 0.496. The number of carbonyl (C=O) groups excluding carboxylic acids is 1. The highest BCUT2D eigenvalue weighted by molar-refractivity contribution is 5.85. The molecule has 2 aromatic rings. The fraction of sp³-hybridized carbons (Fsp3) is 0.273. The molecule has 0 bridgehead atoms. The predicted molar refractivity (Wildman–Crippen MR) is 112 cm³/mol. The minimum absolute atomic E-state index is 0.0955. The summed E-state index contributed by atoms with van der Waals surface area (Å²) in [5.41, 5.74) is 0.780. The number of aliphatic carboxylic acids is 1. The fourth-order valence-corrected chi connectivity index (χ4v) is 3.06. The Morgan fingerprint density at radius 2 is 1.97 bits per heavy atom. The third-order valence-corrected chi connectivity index (χ3v) is 4.47. The zero-order valence-corrected chi connectivity index (χ0v) is 17.4. The molecule has 0 aromatic heterocycles. The number of anilines is 1. The zero-order chi connectivity index (χ0) is 23.1. The molecule has 0 aliphatic carbocycles. The monoisotopic (exact) mass is 445 g/mol. The molecule has 3 rings (SSSR count). The Morgan fingerprint density at radius 3 is 2.66 bits per heavy atom. The SMILES string of the molecule is CCO[C@H](/C=C/C(=O)O)[C@H](OC(=O)Nc1ccc2c(c1)OCO2)c1ccc(OC)c(O)c1. The number of phenolic OH excluding ortho intramolecular Hbond substituents is 1. The van der Waals surface area contributed by atoms with Gasteiger partial charge in [0, 0.05) is 24.4 Å². The largest absolute Gasteiger partial charge is 0.504 e. The maximum Gasteiger partial charge on any atom is 0.412 e. The number of rotatable bonds is 9. The van der Waals surface area contributed by atoms with Gasteiger partial charge < -0.3 is 33.9 Å². The van der Waals surface area contributed by atoms with Crippen LogP contribution in [-0.4, -0.2) is 48.9 Å². The summed E-state index contributed by atoms with van der Waals surface area (Å²) >= 11 is 0. The standard InChI is InChI=1S/C22H23NO9/c1-3-29-18(8-9-20(25)26)21(13-4-6-16(28-2)15(24)10-13)32-22(27)23-14-5-7-17-19(11-14)31-12-30-17/h4-11,18,21,24H,3,12H2,1-2H3,(H,23,27)(H,25,26)/b9-8+/t18-,21-/m1/s1. The van der Waals surface area contributed by atoms with Gasteiger partial charge in [-0.2, -0.15) is 0 Å². The van der Waals surface area contributed by atoms with Gasteiger partial charge >= 0.3 is 12.1 Å². The van der Waals surface area contributed by atoms with Gasteiger partial charge in [0.05, 0.1) is 7.11 Å². The molecule has 0 saturated carbocycles. The number of ether oxygens (including phenoxy) is 5. The lowest BCUT2D eigenvalue weighted by Gasteiger charge is -2.25. The van der Waals surface area contributed by atoms with Gasteiger partial charge in [-0.1, -0.05) is 6.07 Å². The topological polar surface area (TPSA) is 133 Å². The van der Waals surface area contributed by atoms with E-state index in [1.807, 2.05) is 0 Å². The molecule has 10 nitrogen and oxygen atoms in total. The summed E-state index contributed by atoms with van der Waals surface area (Å²) in [6, 6.07) is 9.29. The molecule has 1 aliphatic rings. The van der Waals surface area contributed by atoms with E-state index in [1.165, 1.54) is 25.3 Å². The van der Waals surface area contributed by atoms with Crippen molar-refractivity contribution in [1.29, 1.82) is 0 Å². The van der Waals surface area contributed by atoms with Crippen LogP contribution in [-0.2, 0) is 14.3 Å². The molecule has 3 N–H and O–H groups in total. The number of nitrogens with one attached hydrogen (secondary N) is 1. The molecule has 1 aliphatic heterocycles. The van der Waals surface area contributed by atoms with Crippen LogP contribution < -0.4 is 19.5 Å². The van der Waals surface area contributed by atoms with Crippen LogP contribution in [0.15, 0.2) is 48.6 Å². The second-order valence-corrected chi connectivity index (χ2v) is 6.57. The Labute approximate surface area is 183 Å². The molecule has 0 spiro atoms. The molecule has 1 amide bonds. The van der Waals surface area contributed by atoms with Crippen LogP contribution >= 0.6 is 0 Å². The van der Waals surface area contributed by atoms with E-state index < -0.39 is 24.3 Å². The number of aromatic hydroxyl groups is 1. The first-order valence-electron chi connectivity index (χ1n) is 9.68. The van der Waals surface area contributed by atoms with Crippen molar-refractivity contribution in [3.05, 3.63) is 54.1 Å². The normalized spacial score (nSPS) is 14.1. The number of carboxylic acids is 1. The smallest absolute Gasteiger partial charge is 0.412 e. The van der Waals surface area contributed by atoms with Crippen LogP contribution in [0.1, 0.15) is 18.6 Å². The highest BCUT2D eigenvalue weighted by atomic mass is 16.7. The molecule has 2 atom stereocenters. The van der Waals surface area contributed by atoms with E-state index in [0.717, 1.165) is 6.08 Å². The number of fused-ring (bicyclic) bond motifs is 1. The Bertz CT molecular complexity index is 1000. The minimum Gasteiger partial charge on any atom is -0.504 e. The van der Waals surface area contributed by atoms with E-state index in [9.17, 15) is 14.7 Å². The van der Waals surface area contributed by atoms with Crippen LogP contribution in [0.5, 0.6) is 23.0 Å². The molecule has 170 valence electrons. The average molecular weight is 445 g/mol. The maximum absolute atomic E-state index is 12.7. The van der Waals surface area contributed by atoms with Gasteiger partial charge in [0.15, 0.2) is 29.1 Å². The van der Waals surface area contributed by atoms with Crippen molar-refractivity contribution in [1.82, 2.24) is 0 Å². The number of hydrogen-bond donors (Lipinski definition) is 3. The summed E-state index contributed by atoms with van der Waals surface area (Å²) in [5, 5.41) is 21.8. The Kier molecular flexibility index (Phi) is 7.40. The summed E-state index contributed by atoms with van der Waals surface area (Å²) in [6.45, 7) is 2.04. The Morgan fingerprint density at radius 1 is 1.19 bits per heavy atom. The highest BCUT2D eigenvalue weighted by Crippen LogP contribution is 2.35. The van der Waals surface area contributed by atoms with E-state index in [-0.39, 0.29) is 24.9 Å². The van der Waals surface area contributed by atoms with E-state index in [4.69, 9.17) is 28.8 Å². The van der Waals surface area contributed by atoms with Crippen molar-refractivity contribution in [2.75, 3.05) is 25.8 Å². The fourth-order valence-electron chi connectivity index (χ4n) is 3.06. The average Bonchev–Trinajstić information content (AvgIpc) is 3.23. The summed E-state index contributed by atoms with van der Waals surface area (Å²) in [7, 11) is 1.40. The number of phenols is 1. The van der Waals surface area contributed by atoms with E-state index in [0.29, 0.717) is 22.7 Å². The maximum atomic E-state index is 12.7. The lowest BCUT2D eigenvalue weighted by Crippen LogP contribution is -2.28. The van der Waals surface area contributed by atoms with Gasteiger partial charge in [-0.25, -0.2) is 9.59 Å². The first kappa shape index (κ1) is 22.8. The van der Waals surface area contributed by atoms with Gasteiger partial charge in [-0.3, -0.25) is 5.32 Å². The highest BCUT2D eigenvalue weighted by Gasteiger charge is 2.27. The van der Waals surface area contributed by atoms with Gasteiger partial charge in [0.2, 0.25) is 6.79 Å². The molecule has 32 heavy (non-hydrogen) atoms. The number of benzene rings is 2. The van der Waals surface area contributed by atoms with Crippen molar-refractivity contribution < 1.29 is 43.5 Å². The zero-order valence-electron chi connectivity index (χ0n) is 17.4. The molecule has 0 saturated heterocycles. The van der Waals surface area contributed by atoms with Crippen molar-refractivity contribution in [3.8, 4) is 23.0 Å². The van der Waals surface area contributed by atoms with Crippen LogP contribution in [0.2, 0.25) is 0 Å². The third-order valence-electron chi connectivity index (χ3n) is 4.47. The summed E-state index contributed by atoms with van der Waals surface area (Å²) in [6.07, 6.45) is -0.665. The second kappa shape index (κ2) is 10.4. The second-order valence-electron chi connectivity index (χ2n) is 6.57. The number of amides is 1. The summed E-state index contributed by atoms with van der Waals surface area (Å²) < 4.78 is 26.8. The molecule has 2 aromatic carbocycles. The molecule has 0 fully saturated rings. The first-order chi connectivity index (χ1) is 15.4. The lowest BCUT2D eigenvalue weighted by molar-refractivity contribution is -0.131. The summed E-state index contributed by atoms with van der Waals surface area (Å²) in [5.74, 6) is -0.0869. The van der Waals surface area contributed by atoms with Crippen molar-refractivity contribution in [3.63, 3.8) is 0 Å². The van der Waals surface area contributed by atoms with Crippen LogP contribution in [0.4, 0.5) is 10.5 Å².